The van der Waals surface area contributed by atoms with Gasteiger partial charge >= 0.3 is 0 Å². The van der Waals surface area contributed by atoms with Gasteiger partial charge in [0.05, 0.1) is 19.8 Å². The smallest absolute Gasteiger partial charge is 0.300 e. The molecule has 36 heteroatoms. The topological polar surface area (TPSA) is 518 Å². The third kappa shape index (κ3) is 25.3. The molecule has 1 saturated carbocycles. The highest BCUT2D eigenvalue weighted by molar-refractivity contribution is 8.77. The highest BCUT2D eigenvalue weighted by Crippen LogP contribution is 2.42. The molecule has 1 aliphatic carbocycles. The lowest BCUT2D eigenvalue weighted by Gasteiger charge is -2.38. The zero-order valence-electron chi connectivity index (χ0n) is 62.3. The molecule has 13 amide bonds. The number of nitrogens with two attached hydrogens (primary N) is 2. The number of hydrogen-bond donors (Lipinski definition) is 17. The van der Waals surface area contributed by atoms with E-state index in [1.54, 1.807) is 46.4 Å². The Labute approximate surface area is 617 Å². The summed E-state index contributed by atoms with van der Waals surface area (Å²) in [6.07, 6.45) is 5.44. The van der Waals surface area contributed by atoms with Gasteiger partial charge in [0.15, 0.2) is 5.96 Å². The molecule has 17 atom stereocenters. The number of aliphatic hydroxyl groups excluding tert-OH is 2. The largest absolute Gasteiger partial charge is 0.481 e. The number of fused-ring (bicyclic) bond motifs is 4. The summed E-state index contributed by atoms with van der Waals surface area (Å²) in [5.41, 5.74) is 11.3. The molecule has 4 aliphatic heterocycles. The first-order chi connectivity index (χ1) is 49.0. The van der Waals surface area contributed by atoms with E-state index in [1.165, 1.54) is 16.8 Å². The Kier molecular flexibility index (Phi) is 36.3. The zero-order chi connectivity index (χ0) is 78.0. The Bertz CT molecular complexity index is 3020. The number of aliphatic hydroxyl groups is 2. The van der Waals surface area contributed by atoms with E-state index < -0.39 is 203 Å². The van der Waals surface area contributed by atoms with Gasteiger partial charge in [-0.25, -0.2) is 0 Å². The van der Waals surface area contributed by atoms with Gasteiger partial charge in [-0.05, 0) is 115 Å². The van der Waals surface area contributed by atoms with Crippen molar-refractivity contribution >= 4 is 110 Å². The maximum atomic E-state index is 15.5. The summed E-state index contributed by atoms with van der Waals surface area (Å²) in [6, 6.07) is -17.1. The summed E-state index contributed by atoms with van der Waals surface area (Å²) < 4.78 is -1.48. The van der Waals surface area contributed by atoms with E-state index >= 15 is 24.0 Å². The van der Waals surface area contributed by atoms with Crippen LogP contribution in [0.25, 0.3) is 0 Å². The number of nitrogens with one attached hydrogen (secondary N) is 12. The number of primary amides is 1. The molecule has 4 heterocycles. The lowest BCUT2D eigenvalue weighted by Crippen LogP contribution is -2.64. The van der Waals surface area contributed by atoms with E-state index in [1.807, 2.05) is 27.7 Å². The van der Waals surface area contributed by atoms with Gasteiger partial charge < -0.3 is 100.0 Å². The number of carboxylic acids is 1. The predicted molar refractivity (Wildman–Crippen MR) is 390 cm³/mol. The predicted octanol–water partition coefficient (Wildman–Crippen LogP) is -2.11. The van der Waals surface area contributed by atoms with Gasteiger partial charge in [-0.3, -0.25) is 72.5 Å². The van der Waals surface area contributed by atoms with Crippen molar-refractivity contribution in [3.63, 3.8) is 0 Å². The number of likely N-dealkylation sites (N-methyl/N-ethyl adjacent to an activating group) is 1. The van der Waals surface area contributed by atoms with Crippen LogP contribution in [0.3, 0.4) is 0 Å². The molecule has 0 aromatic rings. The number of aliphatic carboxylic acids is 1. The van der Waals surface area contributed by atoms with Crippen LogP contribution >= 0.6 is 21.6 Å². The highest BCUT2D eigenvalue weighted by Gasteiger charge is 2.53. The van der Waals surface area contributed by atoms with Crippen LogP contribution in [0.4, 0.5) is 0 Å². The van der Waals surface area contributed by atoms with Crippen molar-refractivity contribution in [2.24, 2.45) is 41.1 Å². The molecule has 5 fully saturated rings. The second kappa shape index (κ2) is 42.5. The quantitative estimate of drug-likeness (QED) is 0.0225. The van der Waals surface area contributed by atoms with Crippen LogP contribution in [0.5, 0.6) is 0 Å². The Morgan fingerprint density at radius 2 is 1.26 bits per heavy atom. The molecular formula is C68H117N17O17S2. The molecule has 588 valence electrons. The lowest BCUT2D eigenvalue weighted by atomic mass is 9.84. The fourth-order valence-electron chi connectivity index (χ4n) is 13.6. The monoisotopic (exact) mass is 1510 g/mol. The van der Waals surface area contributed by atoms with Crippen molar-refractivity contribution in [3.8, 4) is 0 Å². The summed E-state index contributed by atoms with van der Waals surface area (Å²) in [7, 11) is 3.44. The zero-order valence-corrected chi connectivity index (χ0v) is 64.0. The van der Waals surface area contributed by atoms with E-state index in [0.29, 0.717) is 51.4 Å². The molecule has 5 aliphatic rings. The minimum absolute atomic E-state index is 0.0119. The van der Waals surface area contributed by atoms with Crippen LogP contribution in [-0.4, -0.2) is 254 Å². The van der Waals surface area contributed by atoms with Gasteiger partial charge in [-0.1, -0.05) is 109 Å². The minimum Gasteiger partial charge on any atom is -0.481 e. The summed E-state index contributed by atoms with van der Waals surface area (Å²) in [6.45, 7) is 16.5. The minimum atomic E-state index is -1.85. The Morgan fingerprint density at radius 3 is 1.84 bits per heavy atom. The number of hydrogen-bond acceptors (Lipinski definition) is 20. The van der Waals surface area contributed by atoms with Gasteiger partial charge in [0.2, 0.25) is 76.8 Å². The first-order valence-electron chi connectivity index (χ1n) is 36.4. The molecule has 104 heavy (non-hydrogen) atoms. The highest BCUT2D eigenvalue weighted by atomic mass is 33.1. The van der Waals surface area contributed by atoms with Gasteiger partial charge in [0.1, 0.15) is 72.5 Å². The van der Waals surface area contributed by atoms with Crippen LogP contribution < -0.4 is 70.0 Å². The lowest BCUT2D eigenvalue weighted by molar-refractivity contribution is -0.150. The maximum absolute atomic E-state index is 15.5. The van der Waals surface area contributed by atoms with Gasteiger partial charge in [-0.2, -0.15) is 0 Å². The van der Waals surface area contributed by atoms with Crippen molar-refractivity contribution < 1.29 is 82.4 Å². The number of carbonyl (C=O) groups is 14. The molecule has 0 unspecified atom stereocenters. The summed E-state index contributed by atoms with van der Waals surface area (Å²) in [4.78, 5) is 203. The average molecular weight is 1510 g/mol. The van der Waals surface area contributed by atoms with Crippen LogP contribution in [-0.2, 0) is 67.1 Å². The van der Waals surface area contributed by atoms with E-state index in [2.05, 4.69) is 58.5 Å². The average Bonchev–Trinajstić information content (AvgIpc) is 1.58. The second-order valence-corrected chi connectivity index (χ2v) is 31.8. The Hall–Kier alpha value is -7.57. The third-order valence-corrected chi connectivity index (χ3v) is 23.3. The second-order valence-electron chi connectivity index (χ2n) is 28.8. The standard InChI is InChI=1S/C66H113N17O15S2.C2H4O2/c1-12-35(6)49(77-48(86)30-70-11)59(93)76-43-33-99-100-66(9,10)52(61(95)79-51(37(8)14-3)64(98)81-26-18-23-45(81)53(67)87)80-60(94)50(36(7)13-2)78-58(92)47-29-38-20-15-16-22-44(38)83(47)63(97)46-24-19-27-82(46)62(96)40(28-34(4)5)73-56(90)42(32-85)74-54(88)39(21-17-25-71-65(68)69)72-55(89)41(31-84)75-57(43)91;1-2(3)4/h34-47,49-52,70,84-85H,12-33H2,1-11H3,(H2,67,87)(H,72,89)(H,73,90)(H,74,88)(H,75,91)(H,76,93)(H,77,86)(H,78,92)(H,79,95)(H,80,94)(H4,68,69,71);1H3,(H,3,4)/t35-,36-,37-,38-,39-,40-,41-,42-,43-,44-,45-,46-,47-,49-,50-,51-,52+;/m0./s1. The number of amides is 13. The van der Waals surface area contributed by atoms with E-state index in [-0.39, 0.29) is 75.9 Å². The van der Waals surface area contributed by atoms with E-state index in [4.69, 9.17) is 26.8 Å². The van der Waals surface area contributed by atoms with Crippen molar-refractivity contribution in [3.05, 3.63) is 0 Å². The molecule has 0 bridgehead atoms. The summed E-state index contributed by atoms with van der Waals surface area (Å²) in [5, 5.41) is 66.3. The molecule has 34 nitrogen and oxygen atoms in total. The summed E-state index contributed by atoms with van der Waals surface area (Å²) in [5.74, 6) is -13.9. The van der Waals surface area contributed by atoms with Crippen molar-refractivity contribution in [2.75, 3.05) is 52.2 Å². The molecule has 4 saturated heterocycles. The van der Waals surface area contributed by atoms with Crippen LogP contribution in [0, 0.1) is 35.0 Å². The van der Waals surface area contributed by atoms with Crippen LogP contribution in [0.2, 0.25) is 0 Å². The van der Waals surface area contributed by atoms with Gasteiger partial charge in [0, 0.05) is 43.1 Å². The van der Waals surface area contributed by atoms with Crippen molar-refractivity contribution in [1.82, 2.24) is 73.2 Å². The van der Waals surface area contributed by atoms with Gasteiger partial charge in [-0.15, -0.1) is 0 Å². The van der Waals surface area contributed by atoms with Crippen LogP contribution in [0.1, 0.15) is 172 Å². The Balaban J connectivity index is 0.00000557. The molecule has 0 radical (unpaired) electrons. The Morgan fingerprint density at radius 1 is 0.683 bits per heavy atom. The number of nitrogens with zero attached hydrogens (tertiary/aromatic N) is 3. The number of carboxylic acid groups (broad SMARTS) is 1. The van der Waals surface area contributed by atoms with E-state index in [0.717, 1.165) is 41.4 Å². The first kappa shape index (κ1) is 88.8. The normalized spacial score (nSPS) is 27.7. The number of rotatable bonds is 23. The molecular weight excluding hydrogens is 1390 g/mol. The fourth-order valence-corrected chi connectivity index (χ4v) is 16.5. The number of guanidine groups is 1. The molecule has 5 rings (SSSR count). The maximum Gasteiger partial charge on any atom is 0.300 e. The molecule has 0 aromatic carbocycles. The number of likely N-dealkylation sites (tertiary alicyclic amines) is 1. The van der Waals surface area contributed by atoms with Gasteiger partial charge in [0.25, 0.3) is 5.97 Å². The van der Waals surface area contributed by atoms with Crippen molar-refractivity contribution in [2.45, 2.75) is 256 Å². The molecule has 19 N–H and O–H groups in total. The molecule has 0 aromatic heterocycles. The van der Waals surface area contributed by atoms with Crippen LogP contribution in [0.15, 0.2) is 0 Å². The molecule has 0 spiro atoms. The van der Waals surface area contributed by atoms with E-state index in [9.17, 15) is 48.6 Å². The number of carbonyl (C=O) groups excluding carboxylic acids is 13. The summed E-state index contributed by atoms with van der Waals surface area (Å²) >= 11 is 0. The third-order valence-electron chi connectivity index (χ3n) is 20.0. The van der Waals surface area contributed by atoms with Crippen molar-refractivity contribution in [1.29, 1.82) is 5.41 Å². The fraction of sp³-hybridized carbons (Fsp3) is 0.779. The SMILES string of the molecule is CC(=O)O.CC[C@H](C)[C@H](NC(=O)CNC)C(=O)N[C@H]1CSSC(C)(C)[C@@H](C(=O)N[C@H](C(=O)N2CCC[C@H]2C(N)=O)[C@@H](C)CC)NC(=O)[C@H]([C@@H](C)CC)NC(=O)[C@@H]2C[C@@H]3CCCC[C@@H]3N2C(=O)[C@@H]2CCCN2C(=O)[C@H](CC(C)C)NC(=O)[C@H](CO)NC(=O)[C@H](CCCNC(=N)N)NC(=O)[C@H](CO)NC1=O. The first-order valence-corrected chi connectivity index (χ1v) is 38.7.